The first-order chi connectivity index (χ1) is 4.90. The Kier molecular flexibility index (Phi) is 2.15. The summed E-state index contributed by atoms with van der Waals surface area (Å²) >= 11 is 0. The van der Waals surface area contributed by atoms with Crippen molar-refractivity contribution in [3.05, 3.63) is 0 Å². The van der Waals surface area contributed by atoms with Crippen LogP contribution in [0.2, 0.25) is 0 Å². The fourth-order valence-electron chi connectivity index (χ4n) is 3.98. The first-order valence-electron chi connectivity index (χ1n) is 4.90. The summed E-state index contributed by atoms with van der Waals surface area (Å²) in [5.41, 5.74) is 0. The van der Waals surface area contributed by atoms with E-state index in [0.717, 1.165) is 0 Å². The van der Waals surface area contributed by atoms with Crippen LogP contribution in [0.5, 0.6) is 0 Å². The Bertz CT molecular complexity index is 96.4. The Morgan fingerprint density at radius 1 is 0.455 bits per heavy atom. The third-order valence-corrected chi connectivity index (χ3v) is 4.00. The monoisotopic (exact) mass is 242 g/mol. The second kappa shape index (κ2) is 2.86. The van der Waals surface area contributed by atoms with Crippen LogP contribution in [0.1, 0.15) is 38.5 Å². The van der Waals surface area contributed by atoms with Gasteiger partial charge >= 0.3 is 0 Å². The minimum absolute atomic E-state index is 0. The molecule has 0 atom stereocenters. The summed E-state index contributed by atoms with van der Waals surface area (Å²) < 4.78 is 0. The summed E-state index contributed by atoms with van der Waals surface area (Å²) in [6, 6.07) is 0. The van der Waals surface area contributed by atoms with Crippen LogP contribution in [-0.2, 0) is 20.4 Å². The first kappa shape index (κ1) is 8.27. The van der Waals surface area contributed by atoms with Gasteiger partial charge in [-0.3, -0.25) is 0 Å². The Labute approximate surface area is 82.8 Å². The Morgan fingerprint density at radius 3 is 0.818 bits per heavy atom. The van der Waals surface area contributed by atoms with Crippen molar-refractivity contribution in [1.29, 1.82) is 0 Å². The number of hydrogen-bond acceptors (Lipinski definition) is 0. The molecule has 4 rings (SSSR count). The van der Waals surface area contributed by atoms with Gasteiger partial charge in [0.1, 0.15) is 0 Å². The molecule has 0 aromatic heterocycles. The molecule has 0 aromatic carbocycles. The Morgan fingerprint density at radius 2 is 0.636 bits per heavy atom. The van der Waals surface area contributed by atoms with Crippen LogP contribution in [0, 0.1) is 23.7 Å². The van der Waals surface area contributed by atoms with Crippen LogP contribution >= 0.6 is 0 Å². The van der Waals surface area contributed by atoms with Gasteiger partial charge in [0, 0.05) is 20.4 Å². The van der Waals surface area contributed by atoms with Crippen molar-refractivity contribution < 1.29 is 20.4 Å². The summed E-state index contributed by atoms with van der Waals surface area (Å²) in [7, 11) is 0. The van der Waals surface area contributed by atoms with Crippen molar-refractivity contribution in [3.63, 3.8) is 0 Å². The predicted octanol–water partition coefficient (Wildman–Crippen LogP) is 2.83. The van der Waals surface area contributed by atoms with Crippen molar-refractivity contribution in [1.82, 2.24) is 0 Å². The van der Waals surface area contributed by atoms with Gasteiger partial charge in [-0.05, 0) is 62.2 Å². The van der Waals surface area contributed by atoms with Crippen LogP contribution in [-0.4, -0.2) is 0 Å². The van der Waals surface area contributed by atoms with Crippen LogP contribution < -0.4 is 0 Å². The van der Waals surface area contributed by atoms with Gasteiger partial charge in [0.2, 0.25) is 0 Å². The molecule has 0 spiro atoms. The van der Waals surface area contributed by atoms with Gasteiger partial charge in [-0.1, -0.05) is 0 Å². The maximum absolute atomic E-state index is 1.60. The minimum atomic E-state index is 0. The van der Waals surface area contributed by atoms with Crippen molar-refractivity contribution in [2.24, 2.45) is 23.7 Å². The largest absolute Gasteiger partial charge is 0.0475 e. The van der Waals surface area contributed by atoms with Crippen molar-refractivity contribution >= 4 is 0 Å². The molecule has 4 aliphatic carbocycles. The Hall–Kier alpha value is 0.662. The average molecular weight is 243 g/mol. The fraction of sp³-hybridized carbons (Fsp3) is 1.00. The van der Waals surface area contributed by atoms with E-state index >= 15 is 0 Å². The van der Waals surface area contributed by atoms with Crippen LogP contribution in [0.15, 0.2) is 0 Å². The molecule has 0 heterocycles. The zero-order valence-electron chi connectivity index (χ0n) is 6.87. The van der Waals surface area contributed by atoms with Gasteiger partial charge < -0.3 is 0 Å². The van der Waals surface area contributed by atoms with Crippen molar-refractivity contribution in [2.75, 3.05) is 0 Å². The van der Waals surface area contributed by atoms with E-state index in [2.05, 4.69) is 0 Å². The molecule has 0 aliphatic heterocycles. The Balaban J connectivity index is 0.000000480. The third-order valence-electron chi connectivity index (χ3n) is 4.00. The molecule has 1 heteroatoms. The minimum Gasteiger partial charge on any atom is -0.0475 e. The van der Waals surface area contributed by atoms with Crippen molar-refractivity contribution in [3.8, 4) is 0 Å². The zero-order chi connectivity index (χ0) is 6.55. The molecular weight excluding hydrogens is 227 g/mol. The molecule has 4 saturated carbocycles. The first-order valence-corrected chi connectivity index (χ1v) is 4.90. The topological polar surface area (TPSA) is 0 Å². The summed E-state index contributed by atoms with van der Waals surface area (Å²) in [4.78, 5) is 0. The SMILES string of the molecule is C1C2CC3CC1CC(C2)C3.[Pd]. The van der Waals surface area contributed by atoms with E-state index in [1.54, 1.807) is 38.5 Å². The van der Waals surface area contributed by atoms with E-state index in [1.807, 2.05) is 0 Å². The van der Waals surface area contributed by atoms with Gasteiger partial charge in [-0.25, -0.2) is 0 Å². The standard InChI is InChI=1S/C10H16.Pd/c1-7-2-9-4-8(1)5-10(3-7)6-9;/h7-10H,1-6H2;. The smallest absolute Gasteiger partial charge is 0 e. The molecule has 66 valence electrons. The van der Waals surface area contributed by atoms with Gasteiger partial charge in [0.05, 0.1) is 0 Å². The molecule has 0 radical (unpaired) electrons. The zero-order valence-corrected chi connectivity index (χ0v) is 8.42. The van der Waals surface area contributed by atoms with E-state index in [1.165, 1.54) is 23.7 Å². The molecule has 0 unspecified atom stereocenters. The fourth-order valence-corrected chi connectivity index (χ4v) is 3.98. The second-order valence-corrected chi connectivity index (χ2v) is 4.88. The van der Waals surface area contributed by atoms with Crippen LogP contribution in [0.3, 0.4) is 0 Å². The van der Waals surface area contributed by atoms with Gasteiger partial charge in [-0.2, -0.15) is 0 Å². The maximum Gasteiger partial charge on any atom is 0 e. The molecule has 0 nitrogen and oxygen atoms in total. The summed E-state index contributed by atoms with van der Waals surface area (Å²) in [5.74, 6) is 4.71. The van der Waals surface area contributed by atoms with Gasteiger partial charge in [0.25, 0.3) is 0 Å². The molecule has 4 fully saturated rings. The molecule has 4 bridgehead atoms. The van der Waals surface area contributed by atoms with Gasteiger partial charge in [-0.15, -0.1) is 0 Å². The van der Waals surface area contributed by atoms with Crippen LogP contribution in [0.4, 0.5) is 0 Å². The van der Waals surface area contributed by atoms with Crippen LogP contribution in [0.25, 0.3) is 0 Å². The number of rotatable bonds is 0. The van der Waals surface area contributed by atoms with E-state index in [9.17, 15) is 0 Å². The second-order valence-electron chi connectivity index (χ2n) is 4.88. The van der Waals surface area contributed by atoms with Gasteiger partial charge in [0.15, 0.2) is 0 Å². The maximum atomic E-state index is 1.60. The molecule has 0 amide bonds. The average Bonchev–Trinajstić information content (AvgIpc) is 1.82. The van der Waals surface area contributed by atoms with E-state index < -0.39 is 0 Å². The third kappa shape index (κ3) is 1.32. The van der Waals surface area contributed by atoms with Crippen molar-refractivity contribution in [2.45, 2.75) is 38.5 Å². The summed E-state index contributed by atoms with van der Waals surface area (Å²) in [6.45, 7) is 0. The summed E-state index contributed by atoms with van der Waals surface area (Å²) in [6.07, 6.45) is 9.62. The quantitative estimate of drug-likeness (QED) is 0.573. The molecule has 11 heavy (non-hydrogen) atoms. The molecule has 0 saturated heterocycles. The normalized spacial score (nSPS) is 52.4. The number of hydrogen-bond donors (Lipinski definition) is 0. The molecule has 4 aliphatic rings. The van der Waals surface area contributed by atoms with E-state index in [-0.39, 0.29) is 20.4 Å². The van der Waals surface area contributed by atoms with E-state index in [0.29, 0.717) is 0 Å². The molecular formula is C10H16Pd. The van der Waals surface area contributed by atoms with E-state index in [4.69, 9.17) is 0 Å². The molecule has 0 N–H and O–H groups in total. The predicted molar refractivity (Wildman–Crippen MR) is 41.7 cm³/mol. The molecule has 0 aromatic rings. The summed E-state index contributed by atoms with van der Waals surface area (Å²) in [5, 5.41) is 0.